The lowest BCUT2D eigenvalue weighted by molar-refractivity contribution is -0.143. The number of amides is 1. The van der Waals surface area contributed by atoms with Gasteiger partial charge in [0.05, 0.1) is 12.2 Å². The normalized spacial score (nSPS) is 21.1. The average Bonchev–Trinajstić information content (AvgIpc) is 2.87. The van der Waals surface area contributed by atoms with Gasteiger partial charge in [0.2, 0.25) is 11.2 Å². The summed E-state index contributed by atoms with van der Waals surface area (Å²) in [5, 5.41) is -0.00370. The maximum atomic E-state index is 12.7. The topological polar surface area (TPSA) is 91.4 Å². The number of carbonyl (C=O) groups is 1. The number of morpholine rings is 1. The van der Waals surface area contributed by atoms with E-state index in [1.807, 2.05) is 13.8 Å². The number of halogens is 1. The van der Waals surface area contributed by atoms with Crippen molar-refractivity contribution in [3.8, 4) is 0 Å². The molecule has 1 fully saturated rings. The highest BCUT2D eigenvalue weighted by Gasteiger charge is 2.27. The molecule has 1 saturated heterocycles. The predicted octanol–water partition coefficient (Wildman–Crippen LogP) is -0.277. The van der Waals surface area contributed by atoms with Crippen molar-refractivity contribution < 1.29 is 9.53 Å². The minimum Gasteiger partial charge on any atom is -0.372 e. The molecule has 25 heavy (non-hydrogen) atoms. The van der Waals surface area contributed by atoms with Crippen molar-refractivity contribution in [2.45, 2.75) is 32.6 Å². The molecule has 1 aliphatic rings. The minimum absolute atomic E-state index is 0.00370. The summed E-state index contributed by atoms with van der Waals surface area (Å²) in [6.07, 6.45) is -0.118. The molecule has 1 amide bonds. The fourth-order valence-corrected chi connectivity index (χ4v) is 3.41. The van der Waals surface area contributed by atoms with E-state index in [2.05, 4.69) is 4.98 Å². The maximum absolute atomic E-state index is 12.7. The first-order chi connectivity index (χ1) is 11.7. The summed E-state index contributed by atoms with van der Waals surface area (Å²) in [6.45, 7) is 4.64. The van der Waals surface area contributed by atoms with Gasteiger partial charge in [-0.1, -0.05) is 0 Å². The van der Waals surface area contributed by atoms with E-state index in [-0.39, 0.29) is 41.1 Å². The molecule has 0 N–H and O–H groups in total. The summed E-state index contributed by atoms with van der Waals surface area (Å²) in [6, 6.07) is 0. The highest BCUT2D eigenvalue weighted by atomic mass is 35.5. The minimum atomic E-state index is -0.533. The molecule has 2 atom stereocenters. The lowest BCUT2D eigenvalue weighted by Gasteiger charge is -2.35. The van der Waals surface area contributed by atoms with E-state index in [4.69, 9.17) is 16.3 Å². The van der Waals surface area contributed by atoms with Gasteiger partial charge in [0.15, 0.2) is 11.2 Å². The van der Waals surface area contributed by atoms with E-state index in [0.717, 1.165) is 4.57 Å². The Morgan fingerprint density at radius 3 is 2.40 bits per heavy atom. The van der Waals surface area contributed by atoms with Crippen LogP contribution in [0.2, 0.25) is 5.28 Å². The molecule has 2 unspecified atom stereocenters. The molecule has 0 aromatic carbocycles. The molecule has 3 rings (SSSR count). The molecule has 0 spiro atoms. The van der Waals surface area contributed by atoms with E-state index < -0.39 is 11.2 Å². The van der Waals surface area contributed by atoms with Gasteiger partial charge in [0.25, 0.3) is 5.56 Å². The van der Waals surface area contributed by atoms with Crippen LogP contribution in [0, 0.1) is 0 Å². The van der Waals surface area contributed by atoms with Gasteiger partial charge in [-0.15, -0.1) is 0 Å². The fourth-order valence-electron chi connectivity index (χ4n) is 3.18. The zero-order valence-electron chi connectivity index (χ0n) is 14.5. The van der Waals surface area contributed by atoms with Crippen LogP contribution in [0.25, 0.3) is 11.2 Å². The average molecular weight is 370 g/mol. The second-order valence-corrected chi connectivity index (χ2v) is 6.74. The van der Waals surface area contributed by atoms with Gasteiger partial charge in [0.1, 0.15) is 6.54 Å². The lowest BCUT2D eigenvalue weighted by atomic mass is 10.2. The molecule has 0 saturated carbocycles. The van der Waals surface area contributed by atoms with Crippen molar-refractivity contribution in [3.05, 3.63) is 26.1 Å². The van der Waals surface area contributed by atoms with Crippen LogP contribution in [0.4, 0.5) is 0 Å². The molecule has 2 aromatic heterocycles. The van der Waals surface area contributed by atoms with Gasteiger partial charge in [0, 0.05) is 27.2 Å². The van der Waals surface area contributed by atoms with Crippen LogP contribution in [0.1, 0.15) is 13.8 Å². The zero-order chi connectivity index (χ0) is 18.5. The first-order valence-electron chi connectivity index (χ1n) is 7.95. The summed E-state index contributed by atoms with van der Waals surface area (Å²) in [5.74, 6) is -0.181. The highest BCUT2D eigenvalue weighted by molar-refractivity contribution is 6.29. The van der Waals surface area contributed by atoms with Gasteiger partial charge in [-0.25, -0.2) is 4.79 Å². The number of aryl methyl sites for hydroxylation is 1. The number of imidazole rings is 1. The van der Waals surface area contributed by atoms with Crippen LogP contribution < -0.4 is 11.2 Å². The van der Waals surface area contributed by atoms with Crippen LogP contribution in [0.3, 0.4) is 0 Å². The van der Waals surface area contributed by atoms with Gasteiger partial charge >= 0.3 is 5.69 Å². The van der Waals surface area contributed by atoms with Crippen LogP contribution in [0.15, 0.2) is 9.59 Å². The van der Waals surface area contributed by atoms with E-state index >= 15 is 0 Å². The van der Waals surface area contributed by atoms with Gasteiger partial charge in [-0.3, -0.25) is 23.3 Å². The quantitative estimate of drug-likeness (QED) is 0.679. The van der Waals surface area contributed by atoms with Crippen LogP contribution >= 0.6 is 11.6 Å². The standard InChI is InChI=1S/C15H20ClN5O4/c1-8-5-20(6-9(2)25-8)10(22)7-21-11-12(17-14(21)16)18(3)15(24)19(4)13(11)23/h8-9H,5-7H2,1-4H3. The number of hydrogen-bond acceptors (Lipinski definition) is 5. The second kappa shape index (κ2) is 6.30. The number of fused-ring (bicyclic) bond motifs is 1. The summed E-state index contributed by atoms with van der Waals surface area (Å²) < 4.78 is 9.19. The molecule has 0 bridgehead atoms. The van der Waals surface area contributed by atoms with E-state index in [0.29, 0.717) is 13.1 Å². The summed E-state index contributed by atoms with van der Waals surface area (Å²) in [4.78, 5) is 43.0. The van der Waals surface area contributed by atoms with Gasteiger partial charge < -0.3 is 9.64 Å². The number of ether oxygens (including phenoxy) is 1. The van der Waals surface area contributed by atoms with Gasteiger partial charge in [-0.2, -0.15) is 4.98 Å². The third kappa shape index (κ3) is 2.98. The largest absolute Gasteiger partial charge is 0.372 e. The molecule has 0 aliphatic carbocycles. The monoisotopic (exact) mass is 369 g/mol. The Labute approximate surface area is 148 Å². The van der Waals surface area contributed by atoms with E-state index in [9.17, 15) is 14.4 Å². The Morgan fingerprint density at radius 2 is 1.80 bits per heavy atom. The molecule has 1 aliphatic heterocycles. The molecular formula is C15H20ClN5O4. The van der Waals surface area contributed by atoms with Crippen LogP contribution in [0.5, 0.6) is 0 Å². The Hall–Kier alpha value is -2.13. The molecule has 2 aromatic rings. The second-order valence-electron chi connectivity index (χ2n) is 6.40. The Kier molecular flexibility index (Phi) is 4.46. The molecule has 9 nitrogen and oxygen atoms in total. The molecular weight excluding hydrogens is 350 g/mol. The van der Waals surface area contributed by atoms with E-state index in [1.54, 1.807) is 4.90 Å². The van der Waals surface area contributed by atoms with Crippen molar-refractivity contribution in [1.29, 1.82) is 0 Å². The first-order valence-corrected chi connectivity index (χ1v) is 8.33. The maximum Gasteiger partial charge on any atom is 0.332 e. The van der Waals surface area contributed by atoms with Crippen molar-refractivity contribution in [3.63, 3.8) is 0 Å². The van der Waals surface area contributed by atoms with Crippen LogP contribution in [-0.2, 0) is 30.2 Å². The smallest absolute Gasteiger partial charge is 0.332 e. The number of nitrogens with zero attached hydrogens (tertiary/aromatic N) is 5. The van der Waals surface area contributed by atoms with Crippen molar-refractivity contribution >= 4 is 28.7 Å². The number of carbonyl (C=O) groups excluding carboxylic acids is 1. The number of rotatable bonds is 2. The van der Waals surface area contributed by atoms with Crippen molar-refractivity contribution in [2.24, 2.45) is 14.1 Å². The summed E-state index contributed by atoms with van der Waals surface area (Å²) >= 11 is 6.15. The SMILES string of the molecule is CC1CN(C(=O)Cn2c(Cl)nc3c2c(=O)n(C)c(=O)n3C)CC(C)O1. The molecule has 3 heterocycles. The van der Waals surface area contributed by atoms with Crippen molar-refractivity contribution in [1.82, 2.24) is 23.6 Å². The van der Waals surface area contributed by atoms with Gasteiger partial charge in [-0.05, 0) is 25.4 Å². The Balaban J connectivity index is 2.02. The van der Waals surface area contributed by atoms with E-state index in [1.165, 1.54) is 23.2 Å². The number of aromatic nitrogens is 4. The van der Waals surface area contributed by atoms with Crippen molar-refractivity contribution in [2.75, 3.05) is 13.1 Å². The third-order valence-electron chi connectivity index (χ3n) is 4.37. The predicted molar refractivity (Wildman–Crippen MR) is 91.8 cm³/mol. The Morgan fingerprint density at radius 1 is 1.20 bits per heavy atom. The first kappa shape index (κ1) is 17.7. The summed E-state index contributed by atoms with van der Waals surface area (Å²) in [5.41, 5.74) is -0.734. The molecule has 10 heteroatoms. The third-order valence-corrected chi connectivity index (χ3v) is 4.66. The fraction of sp³-hybridized carbons (Fsp3) is 0.600. The lowest BCUT2D eigenvalue weighted by Crippen LogP contribution is -2.49. The zero-order valence-corrected chi connectivity index (χ0v) is 15.3. The molecule has 136 valence electrons. The number of hydrogen-bond donors (Lipinski definition) is 0. The Bertz CT molecular complexity index is 949. The molecule has 0 radical (unpaired) electrons. The van der Waals surface area contributed by atoms with Crippen LogP contribution in [-0.4, -0.2) is 54.8 Å². The summed E-state index contributed by atoms with van der Waals surface area (Å²) in [7, 11) is 2.88. The highest BCUT2D eigenvalue weighted by Crippen LogP contribution is 2.17.